The summed E-state index contributed by atoms with van der Waals surface area (Å²) in [5, 5.41) is 0. The Hall–Kier alpha value is -2.14. The maximum absolute atomic E-state index is 5.79. The molecule has 0 spiro atoms. The van der Waals surface area contributed by atoms with Gasteiger partial charge >= 0.3 is 0 Å². The van der Waals surface area contributed by atoms with Crippen molar-refractivity contribution in [3.8, 4) is 11.6 Å². The Balaban J connectivity index is 2.28. The van der Waals surface area contributed by atoms with E-state index in [0.29, 0.717) is 11.8 Å². The lowest BCUT2D eigenvalue weighted by Crippen LogP contribution is -2.12. The summed E-state index contributed by atoms with van der Waals surface area (Å²) in [5.74, 6) is 6.89. The Labute approximate surface area is 119 Å². The van der Waals surface area contributed by atoms with Crippen LogP contribution in [0.4, 0.5) is 5.95 Å². The minimum atomic E-state index is 0.0743. The molecule has 1 aromatic carbocycles. The first-order valence-corrected chi connectivity index (χ1v) is 6.49. The Kier molecular flexibility index (Phi) is 3.90. The van der Waals surface area contributed by atoms with Gasteiger partial charge in [0.2, 0.25) is 11.8 Å². The van der Waals surface area contributed by atoms with Gasteiger partial charge in [-0.15, -0.1) is 0 Å². The third-order valence-corrected chi connectivity index (χ3v) is 2.88. The van der Waals surface area contributed by atoms with E-state index in [1.807, 2.05) is 25.1 Å². The number of nitrogen functional groups attached to an aromatic ring is 1. The standard InChI is InChI=1S/C15H20N4O/c1-10-8-13(18-14(17-10)19-16)20-12-7-5-6-11(9-12)15(2,3)4/h5-9H,16H2,1-4H3,(H,17,18,19). The van der Waals surface area contributed by atoms with Crippen molar-refractivity contribution in [3.63, 3.8) is 0 Å². The maximum atomic E-state index is 5.79. The van der Waals surface area contributed by atoms with Crippen molar-refractivity contribution in [1.82, 2.24) is 9.97 Å². The fourth-order valence-corrected chi connectivity index (χ4v) is 1.80. The van der Waals surface area contributed by atoms with Gasteiger partial charge in [-0.05, 0) is 30.0 Å². The van der Waals surface area contributed by atoms with Crippen LogP contribution >= 0.6 is 0 Å². The number of hydrazine groups is 1. The molecule has 5 heteroatoms. The quantitative estimate of drug-likeness (QED) is 0.663. The maximum Gasteiger partial charge on any atom is 0.240 e. The van der Waals surface area contributed by atoms with Gasteiger partial charge in [-0.3, -0.25) is 5.43 Å². The van der Waals surface area contributed by atoms with Crippen LogP contribution in [0.3, 0.4) is 0 Å². The predicted molar refractivity (Wildman–Crippen MR) is 79.8 cm³/mol. The Bertz CT molecular complexity index is 605. The minimum Gasteiger partial charge on any atom is -0.439 e. The Morgan fingerprint density at radius 3 is 2.55 bits per heavy atom. The summed E-state index contributed by atoms with van der Waals surface area (Å²) in [6.07, 6.45) is 0. The number of nitrogens with two attached hydrogens (primary N) is 1. The molecule has 0 unspecified atom stereocenters. The van der Waals surface area contributed by atoms with Gasteiger partial charge in [0.25, 0.3) is 0 Å². The number of hydrogen-bond acceptors (Lipinski definition) is 5. The molecule has 0 saturated heterocycles. The van der Waals surface area contributed by atoms with Crippen LogP contribution in [0.15, 0.2) is 30.3 Å². The monoisotopic (exact) mass is 272 g/mol. The molecule has 0 radical (unpaired) electrons. The molecule has 1 aromatic heterocycles. The number of anilines is 1. The lowest BCUT2D eigenvalue weighted by molar-refractivity contribution is 0.458. The van der Waals surface area contributed by atoms with Crippen LogP contribution in [0, 0.1) is 6.92 Å². The van der Waals surface area contributed by atoms with Gasteiger partial charge in [-0.1, -0.05) is 32.9 Å². The van der Waals surface area contributed by atoms with Crippen molar-refractivity contribution < 1.29 is 4.74 Å². The molecule has 0 aliphatic carbocycles. The zero-order chi connectivity index (χ0) is 14.8. The van der Waals surface area contributed by atoms with Gasteiger partial charge in [-0.25, -0.2) is 10.8 Å². The first-order valence-electron chi connectivity index (χ1n) is 6.49. The molecule has 1 heterocycles. The van der Waals surface area contributed by atoms with E-state index < -0.39 is 0 Å². The molecule has 0 aliphatic rings. The van der Waals surface area contributed by atoms with Crippen LogP contribution in [0.5, 0.6) is 11.6 Å². The summed E-state index contributed by atoms with van der Waals surface area (Å²) < 4.78 is 5.79. The van der Waals surface area contributed by atoms with E-state index >= 15 is 0 Å². The summed E-state index contributed by atoms with van der Waals surface area (Å²) in [4.78, 5) is 8.29. The number of rotatable bonds is 3. The number of benzene rings is 1. The molecule has 0 amide bonds. The molecule has 0 atom stereocenters. The average Bonchev–Trinajstić information content (AvgIpc) is 2.37. The van der Waals surface area contributed by atoms with Gasteiger partial charge < -0.3 is 4.74 Å². The molecule has 3 N–H and O–H groups in total. The van der Waals surface area contributed by atoms with E-state index in [9.17, 15) is 0 Å². The summed E-state index contributed by atoms with van der Waals surface area (Å²) in [7, 11) is 0. The van der Waals surface area contributed by atoms with Crippen molar-refractivity contribution in [2.75, 3.05) is 5.43 Å². The largest absolute Gasteiger partial charge is 0.439 e. The zero-order valence-corrected chi connectivity index (χ0v) is 12.3. The topological polar surface area (TPSA) is 73.1 Å². The lowest BCUT2D eigenvalue weighted by Gasteiger charge is -2.19. The molecular formula is C15H20N4O. The number of nitrogens with one attached hydrogen (secondary N) is 1. The second kappa shape index (κ2) is 5.46. The second-order valence-corrected chi connectivity index (χ2v) is 5.70. The van der Waals surface area contributed by atoms with Crippen molar-refractivity contribution in [2.45, 2.75) is 33.1 Å². The number of aryl methyl sites for hydroxylation is 1. The average molecular weight is 272 g/mol. The molecule has 0 aliphatic heterocycles. The van der Waals surface area contributed by atoms with Gasteiger partial charge in [-0.2, -0.15) is 4.98 Å². The number of nitrogens with zero attached hydrogens (tertiary/aromatic N) is 2. The smallest absolute Gasteiger partial charge is 0.240 e. The van der Waals surface area contributed by atoms with Crippen molar-refractivity contribution in [1.29, 1.82) is 0 Å². The Morgan fingerprint density at radius 1 is 1.15 bits per heavy atom. The van der Waals surface area contributed by atoms with E-state index in [4.69, 9.17) is 10.6 Å². The minimum absolute atomic E-state index is 0.0743. The second-order valence-electron chi connectivity index (χ2n) is 5.70. The SMILES string of the molecule is Cc1cc(Oc2cccc(C(C)(C)C)c2)nc(NN)n1. The third kappa shape index (κ3) is 3.45. The van der Waals surface area contributed by atoms with E-state index in [1.54, 1.807) is 6.07 Å². The van der Waals surface area contributed by atoms with Crippen LogP contribution in [-0.4, -0.2) is 9.97 Å². The molecule has 106 valence electrons. The summed E-state index contributed by atoms with van der Waals surface area (Å²) in [6.45, 7) is 8.35. The summed E-state index contributed by atoms with van der Waals surface area (Å²) >= 11 is 0. The highest BCUT2D eigenvalue weighted by Gasteiger charge is 2.14. The van der Waals surface area contributed by atoms with Crippen LogP contribution in [-0.2, 0) is 5.41 Å². The van der Waals surface area contributed by atoms with Gasteiger partial charge in [0.15, 0.2) is 0 Å². The van der Waals surface area contributed by atoms with Crippen molar-refractivity contribution in [2.24, 2.45) is 5.84 Å². The van der Waals surface area contributed by atoms with E-state index in [-0.39, 0.29) is 5.41 Å². The molecule has 0 fully saturated rings. The van der Waals surface area contributed by atoms with Crippen LogP contribution in [0.25, 0.3) is 0 Å². The fraction of sp³-hybridized carbons (Fsp3) is 0.333. The highest BCUT2D eigenvalue weighted by atomic mass is 16.5. The molecule has 2 aromatic rings. The van der Waals surface area contributed by atoms with E-state index in [2.05, 4.69) is 42.2 Å². The molecular weight excluding hydrogens is 252 g/mol. The summed E-state index contributed by atoms with van der Waals surface area (Å²) in [6, 6.07) is 9.76. The molecule has 20 heavy (non-hydrogen) atoms. The normalized spacial score (nSPS) is 11.2. The molecule has 5 nitrogen and oxygen atoms in total. The fourth-order valence-electron chi connectivity index (χ4n) is 1.80. The van der Waals surface area contributed by atoms with E-state index in [0.717, 1.165) is 11.4 Å². The first-order chi connectivity index (χ1) is 9.38. The molecule has 0 saturated carbocycles. The molecule has 0 bridgehead atoms. The zero-order valence-electron chi connectivity index (χ0n) is 12.3. The van der Waals surface area contributed by atoms with Gasteiger partial charge in [0.1, 0.15) is 5.75 Å². The van der Waals surface area contributed by atoms with Crippen LogP contribution < -0.4 is 16.0 Å². The highest BCUT2D eigenvalue weighted by Crippen LogP contribution is 2.28. The van der Waals surface area contributed by atoms with Gasteiger partial charge in [0.05, 0.1) is 0 Å². The third-order valence-electron chi connectivity index (χ3n) is 2.88. The number of hydrogen-bond donors (Lipinski definition) is 2. The first kappa shape index (κ1) is 14.3. The van der Waals surface area contributed by atoms with Crippen molar-refractivity contribution >= 4 is 5.95 Å². The number of ether oxygens (including phenoxy) is 1. The van der Waals surface area contributed by atoms with E-state index in [1.165, 1.54) is 5.56 Å². The Morgan fingerprint density at radius 2 is 1.90 bits per heavy atom. The van der Waals surface area contributed by atoms with Gasteiger partial charge in [0, 0.05) is 11.8 Å². The number of aromatic nitrogens is 2. The van der Waals surface area contributed by atoms with Crippen LogP contribution in [0.1, 0.15) is 32.0 Å². The lowest BCUT2D eigenvalue weighted by atomic mass is 9.87. The van der Waals surface area contributed by atoms with Crippen LogP contribution in [0.2, 0.25) is 0 Å². The highest BCUT2D eigenvalue weighted by molar-refractivity contribution is 5.36. The van der Waals surface area contributed by atoms with Crippen molar-refractivity contribution in [3.05, 3.63) is 41.6 Å². The molecule has 2 rings (SSSR count). The predicted octanol–water partition coefficient (Wildman–Crippen LogP) is 3.16. The summed E-state index contributed by atoms with van der Waals surface area (Å²) in [5.41, 5.74) is 4.50.